The number of nitrogens with one attached hydrogen (secondary N) is 1. The summed E-state index contributed by atoms with van der Waals surface area (Å²) in [6.07, 6.45) is 3.25. The first-order chi connectivity index (χ1) is 10.0. The zero-order chi connectivity index (χ0) is 14.9. The van der Waals surface area contributed by atoms with Gasteiger partial charge in [0, 0.05) is 25.8 Å². The Hall–Kier alpha value is -0.980. The number of hydrogen-bond acceptors (Lipinski definition) is 4. The number of sulfone groups is 1. The molecule has 116 valence electrons. The SMILES string of the molecule is O=S(=O)(CCNC1CC12CCOCC2)c1ccc(F)cc1. The quantitative estimate of drug-likeness (QED) is 0.842. The van der Waals surface area contributed by atoms with Crippen LogP contribution in [0.4, 0.5) is 4.39 Å². The van der Waals surface area contributed by atoms with Gasteiger partial charge in [-0.1, -0.05) is 0 Å². The van der Waals surface area contributed by atoms with Crippen LogP contribution in [0.1, 0.15) is 19.3 Å². The molecular formula is C15H20FNO3S. The lowest BCUT2D eigenvalue weighted by molar-refractivity contribution is 0.0544. The van der Waals surface area contributed by atoms with E-state index in [-0.39, 0.29) is 10.6 Å². The van der Waals surface area contributed by atoms with Crippen LogP contribution in [0.25, 0.3) is 0 Å². The van der Waals surface area contributed by atoms with Crippen molar-refractivity contribution < 1.29 is 17.5 Å². The van der Waals surface area contributed by atoms with Gasteiger partial charge < -0.3 is 10.1 Å². The minimum Gasteiger partial charge on any atom is -0.381 e. The van der Waals surface area contributed by atoms with E-state index in [9.17, 15) is 12.8 Å². The average molecular weight is 313 g/mol. The fourth-order valence-electron chi connectivity index (χ4n) is 3.09. The molecule has 3 rings (SSSR count). The van der Waals surface area contributed by atoms with Gasteiger partial charge in [0.1, 0.15) is 5.82 Å². The third-order valence-corrected chi connectivity index (χ3v) is 6.34. The number of rotatable bonds is 5. The molecule has 1 unspecified atom stereocenters. The predicted molar refractivity (Wildman–Crippen MR) is 77.3 cm³/mol. The summed E-state index contributed by atoms with van der Waals surface area (Å²) >= 11 is 0. The summed E-state index contributed by atoms with van der Waals surface area (Å²) in [5.41, 5.74) is 0.345. The molecule has 1 aliphatic heterocycles. The van der Waals surface area contributed by atoms with Crippen molar-refractivity contribution >= 4 is 9.84 Å². The highest BCUT2D eigenvalue weighted by Gasteiger charge is 2.53. The Balaban J connectivity index is 1.50. The molecule has 0 aromatic heterocycles. The smallest absolute Gasteiger partial charge is 0.179 e. The molecule has 21 heavy (non-hydrogen) atoms. The first kappa shape index (κ1) is 14.9. The minimum atomic E-state index is -3.34. The molecule has 1 saturated heterocycles. The second kappa shape index (κ2) is 5.66. The second-order valence-corrected chi connectivity index (χ2v) is 8.07. The van der Waals surface area contributed by atoms with Gasteiger partial charge in [0.05, 0.1) is 10.6 Å². The van der Waals surface area contributed by atoms with Gasteiger partial charge in [-0.25, -0.2) is 12.8 Å². The number of hydrogen-bond donors (Lipinski definition) is 1. The molecule has 2 aliphatic rings. The molecule has 1 aromatic rings. The van der Waals surface area contributed by atoms with Crippen LogP contribution in [-0.4, -0.2) is 40.0 Å². The molecule has 1 aromatic carbocycles. The molecular weight excluding hydrogens is 293 g/mol. The highest BCUT2D eigenvalue weighted by Crippen LogP contribution is 2.53. The van der Waals surface area contributed by atoms with Crippen molar-refractivity contribution in [3.05, 3.63) is 30.1 Å². The standard InChI is InChI=1S/C15H20FNO3S/c16-12-1-3-13(4-2-12)21(18,19)10-7-17-14-11-15(14)5-8-20-9-6-15/h1-4,14,17H,5-11H2. The van der Waals surface area contributed by atoms with Crippen LogP contribution >= 0.6 is 0 Å². The molecule has 1 N–H and O–H groups in total. The molecule has 0 amide bonds. The van der Waals surface area contributed by atoms with Gasteiger partial charge in [0.25, 0.3) is 0 Å². The maximum Gasteiger partial charge on any atom is 0.179 e. The van der Waals surface area contributed by atoms with Crippen molar-refractivity contribution in [3.8, 4) is 0 Å². The van der Waals surface area contributed by atoms with Crippen LogP contribution < -0.4 is 5.32 Å². The van der Waals surface area contributed by atoms with E-state index in [0.717, 1.165) is 32.5 Å². The van der Waals surface area contributed by atoms with Gasteiger partial charge in [0.2, 0.25) is 0 Å². The number of benzene rings is 1. The van der Waals surface area contributed by atoms with Crippen molar-refractivity contribution in [2.75, 3.05) is 25.5 Å². The summed E-state index contributed by atoms with van der Waals surface area (Å²) in [7, 11) is -3.34. The highest BCUT2D eigenvalue weighted by atomic mass is 32.2. The first-order valence-electron chi connectivity index (χ1n) is 7.31. The van der Waals surface area contributed by atoms with Gasteiger partial charge >= 0.3 is 0 Å². The Bertz CT molecular complexity index is 594. The van der Waals surface area contributed by atoms with E-state index < -0.39 is 15.7 Å². The van der Waals surface area contributed by atoms with Crippen LogP contribution in [0.3, 0.4) is 0 Å². The molecule has 1 saturated carbocycles. The van der Waals surface area contributed by atoms with E-state index in [1.807, 2.05) is 0 Å². The molecule has 1 aliphatic carbocycles. The van der Waals surface area contributed by atoms with Gasteiger partial charge in [0.15, 0.2) is 9.84 Å². The monoisotopic (exact) mass is 313 g/mol. The Morgan fingerprint density at radius 2 is 1.90 bits per heavy atom. The summed E-state index contributed by atoms with van der Waals surface area (Å²) in [4.78, 5) is 0.183. The van der Waals surface area contributed by atoms with Crippen LogP contribution in [0.15, 0.2) is 29.2 Å². The van der Waals surface area contributed by atoms with E-state index >= 15 is 0 Å². The molecule has 1 spiro atoms. The second-order valence-electron chi connectivity index (χ2n) is 5.96. The van der Waals surface area contributed by atoms with Gasteiger partial charge in [-0.3, -0.25) is 0 Å². The van der Waals surface area contributed by atoms with Crippen molar-refractivity contribution in [2.24, 2.45) is 5.41 Å². The Kier molecular flexibility index (Phi) is 4.03. The van der Waals surface area contributed by atoms with Crippen LogP contribution in [-0.2, 0) is 14.6 Å². The summed E-state index contributed by atoms with van der Waals surface area (Å²) in [5, 5.41) is 3.35. The Labute approximate surface area is 124 Å². The maximum absolute atomic E-state index is 12.8. The van der Waals surface area contributed by atoms with Gasteiger partial charge in [-0.15, -0.1) is 0 Å². The molecule has 1 atom stereocenters. The molecule has 1 heterocycles. The zero-order valence-corrected chi connectivity index (χ0v) is 12.7. The topological polar surface area (TPSA) is 55.4 Å². The van der Waals surface area contributed by atoms with Gasteiger partial charge in [-0.05, 0) is 48.9 Å². The largest absolute Gasteiger partial charge is 0.381 e. The van der Waals surface area contributed by atoms with Crippen molar-refractivity contribution in [3.63, 3.8) is 0 Å². The minimum absolute atomic E-state index is 0.0434. The molecule has 4 nitrogen and oxygen atoms in total. The lowest BCUT2D eigenvalue weighted by atomic mass is 9.96. The fourth-order valence-corrected chi connectivity index (χ4v) is 4.27. The lowest BCUT2D eigenvalue weighted by Crippen LogP contribution is -2.31. The fraction of sp³-hybridized carbons (Fsp3) is 0.600. The summed E-state index contributed by atoms with van der Waals surface area (Å²) in [5.74, 6) is -0.381. The van der Waals surface area contributed by atoms with Crippen molar-refractivity contribution in [1.29, 1.82) is 0 Å². The molecule has 6 heteroatoms. The molecule has 0 bridgehead atoms. The van der Waals surface area contributed by atoms with Gasteiger partial charge in [-0.2, -0.15) is 0 Å². The highest BCUT2D eigenvalue weighted by molar-refractivity contribution is 7.91. The van der Waals surface area contributed by atoms with Crippen LogP contribution in [0.5, 0.6) is 0 Å². The van der Waals surface area contributed by atoms with E-state index in [1.54, 1.807) is 0 Å². The zero-order valence-electron chi connectivity index (χ0n) is 11.8. The number of halogens is 1. The van der Waals surface area contributed by atoms with E-state index in [4.69, 9.17) is 4.74 Å². The van der Waals surface area contributed by atoms with E-state index in [0.29, 0.717) is 18.0 Å². The average Bonchev–Trinajstić information content (AvgIpc) is 3.11. The normalized spacial score (nSPS) is 24.1. The number of ether oxygens (including phenoxy) is 1. The van der Waals surface area contributed by atoms with Crippen molar-refractivity contribution in [2.45, 2.75) is 30.2 Å². The maximum atomic E-state index is 12.8. The van der Waals surface area contributed by atoms with E-state index in [1.165, 1.54) is 24.3 Å². The summed E-state index contributed by atoms with van der Waals surface area (Å²) in [6, 6.07) is 5.42. The predicted octanol–water partition coefficient (Wildman–Crippen LogP) is 1.76. The van der Waals surface area contributed by atoms with E-state index in [2.05, 4.69) is 5.32 Å². The third-order valence-electron chi connectivity index (χ3n) is 4.61. The summed E-state index contributed by atoms with van der Waals surface area (Å²) in [6.45, 7) is 2.06. The lowest BCUT2D eigenvalue weighted by Gasteiger charge is -2.23. The van der Waals surface area contributed by atoms with Crippen LogP contribution in [0, 0.1) is 11.2 Å². The third kappa shape index (κ3) is 3.27. The molecule has 2 fully saturated rings. The first-order valence-corrected chi connectivity index (χ1v) is 8.97. The summed E-state index contributed by atoms with van der Waals surface area (Å²) < 4.78 is 42.5. The molecule has 0 radical (unpaired) electrons. The van der Waals surface area contributed by atoms with Crippen molar-refractivity contribution in [1.82, 2.24) is 5.32 Å². The van der Waals surface area contributed by atoms with Crippen LogP contribution in [0.2, 0.25) is 0 Å². The Morgan fingerprint density at radius 3 is 2.57 bits per heavy atom. The Morgan fingerprint density at radius 1 is 1.24 bits per heavy atom.